The molecule has 2 aliphatic carbocycles. The molecule has 1 unspecified atom stereocenters. The van der Waals surface area contributed by atoms with Gasteiger partial charge in [-0.05, 0) is 154 Å². The lowest BCUT2D eigenvalue weighted by Crippen LogP contribution is -2.47. The maximum atomic E-state index is 5.54. The smallest absolute Gasteiger partial charge is 0.0939 e. The molecular formula is C65H48N2. The van der Waals surface area contributed by atoms with Crippen molar-refractivity contribution in [2.24, 2.45) is 4.99 Å². The van der Waals surface area contributed by atoms with Gasteiger partial charge in [0.05, 0.1) is 23.1 Å². The molecule has 1 aliphatic heterocycles. The van der Waals surface area contributed by atoms with Crippen LogP contribution in [-0.4, -0.2) is 18.8 Å². The first kappa shape index (κ1) is 39.3. The van der Waals surface area contributed by atoms with Gasteiger partial charge in [0.25, 0.3) is 0 Å². The van der Waals surface area contributed by atoms with Crippen molar-refractivity contribution in [3.63, 3.8) is 0 Å². The fraction of sp³-hybridized carbons (Fsp3) is 0.0923. The number of anilines is 1. The zero-order chi connectivity index (χ0) is 44.6. The van der Waals surface area contributed by atoms with Gasteiger partial charge in [0.15, 0.2) is 0 Å². The molecule has 1 heterocycles. The van der Waals surface area contributed by atoms with Crippen LogP contribution in [0.4, 0.5) is 11.4 Å². The van der Waals surface area contributed by atoms with Crippen LogP contribution in [-0.2, 0) is 5.41 Å². The Morgan fingerprint density at radius 3 is 1.61 bits per heavy atom. The molecule has 0 amide bonds. The van der Waals surface area contributed by atoms with E-state index in [2.05, 4.69) is 243 Å². The number of likely N-dealkylation sites (N-methyl/N-ethyl adjacent to an activating group) is 1. The summed E-state index contributed by atoms with van der Waals surface area (Å²) in [6.45, 7) is 2.46. The van der Waals surface area contributed by atoms with Crippen molar-refractivity contribution in [2.45, 2.75) is 31.2 Å². The Kier molecular flexibility index (Phi) is 9.12. The van der Waals surface area contributed by atoms with E-state index >= 15 is 0 Å². The minimum atomic E-state index is -0.337. The summed E-state index contributed by atoms with van der Waals surface area (Å²) < 4.78 is 0. The molecule has 0 radical (unpaired) electrons. The highest BCUT2D eigenvalue weighted by Crippen LogP contribution is 2.56. The molecule has 0 bridgehead atoms. The van der Waals surface area contributed by atoms with E-state index in [0.717, 1.165) is 35.5 Å². The Bertz CT molecular complexity index is 3630. The van der Waals surface area contributed by atoms with E-state index in [1.165, 1.54) is 98.8 Å². The first-order valence-corrected chi connectivity index (χ1v) is 23.7. The number of hydrogen-bond acceptors (Lipinski definition) is 2. The third-order valence-corrected chi connectivity index (χ3v) is 15.1. The number of benzene rings is 10. The van der Waals surface area contributed by atoms with E-state index in [0.29, 0.717) is 0 Å². The maximum absolute atomic E-state index is 5.54. The number of aliphatic imine (C=N–C) groups is 1. The quantitative estimate of drug-likeness (QED) is 0.163. The molecular weight excluding hydrogens is 809 g/mol. The van der Waals surface area contributed by atoms with Crippen LogP contribution in [0.2, 0.25) is 0 Å². The highest BCUT2D eigenvalue weighted by Gasteiger charge is 2.43. The molecule has 0 spiro atoms. The Morgan fingerprint density at radius 2 is 1.00 bits per heavy atom. The number of nitrogens with zero attached hydrogens (tertiary/aromatic N) is 2. The second-order valence-electron chi connectivity index (χ2n) is 18.7. The summed E-state index contributed by atoms with van der Waals surface area (Å²) in [5.41, 5.74) is 19.5. The Labute approximate surface area is 392 Å². The molecule has 1 atom stereocenters. The van der Waals surface area contributed by atoms with Crippen LogP contribution in [0.1, 0.15) is 42.0 Å². The molecule has 13 rings (SSSR count). The van der Waals surface area contributed by atoms with Gasteiger partial charge in [-0.2, -0.15) is 0 Å². The van der Waals surface area contributed by atoms with Crippen LogP contribution >= 0.6 is 0 Å². The predicted molar refractivity (Wildman–Crippen MR) is 283 cm³/mol. The second-order valence-corrected chi connectivity index (χ2v) is 18.7. The standard InChI is InChI=1S/C65H48N2/c1-65(57-36-32-45-20-9-11-23-54(45)61(57)62-55-24-12-10-21-46(55)33-37-58(62)65)52-34-35-53-48(41-52)22-15-25-56(53)64-63(66-59-26-13-14-27-60(59)67(64)2)47-30-28-44(29-31-47)51-39-49(42-16-5-3-6-17-42)38-50(40-51)43-18-7-4-8-19-43/h3-14,16-24,26-41,64H,15,25H2,1-2H3. The molecule has 3 aliphatic rings. The van der Waals surface area contributed by atoms with Gasteiger partial charge < -0.3 is 4.90 Å². The van der Waals surface area contributed by atoms with Gasteiger partial charge in [0.1, 0.15) is 0 Å². The molecule has 2 heteroatoms. The second kappa shape index (κ2) is 15.5. The van der Waals surface area contributed by atoms with Crippen molar-refractivity contribution < 1.29 is 0 Å². The Balaban J connectivity index is 0.938. The summed E-state index contributed by atoms with van der Waals surface area (Å²) in [5, 5.41) is 7.83. The summed E-state index contributed by atoms with van der Waals surface area (Å²) in [6, 6.07) is 80.8. The van der Waals surface area contributed by atoms with Crippen LogP contribution in [0, 0.1) is 0 Å². The first-order chi connectivity index (χ1) is 33.0. The fourth-order valence-corrected chi connectivity index (χ4v) is 11.7. The Morgan fingerprint density at radius 1 is 0.478 bits per heavy atom. The average Bonchev–Trinajstić information content (AvgIpc) is 3.68. The molecule has 10 aromatic rings. The van der Waals surface area contributed by atoms with Crippen LogP contribution in [0.5, 0.6) is 0 Å². The minimum absolute atomic E-state index is 0.0358. The van der Waals surface area contributed by atoms with Gasteiger partial charge in [-0.25, -0.2) is 4.99 Å². The molecule has 10 aromatic carbocycles. The molecule has 0 saturated heterocycles. The zero-order valence-electron chi connectivity index (χ0n) is 37.7. The summed E-state index contributed by atoms with van der Waals surface area (Å²) >= 11 is 0. The van der Waals surface area contributed by atoms with Gasteiger partial charge in [-0.1, -0.05) is 194 Å². The molecule has 318 valence electrons. The molecule has 0 N–H and O–H groups in total. The lowest BCUT2D eigenvalue weighted by Gasteiger charge is -2.38. The normalized spacial score (nSPS) is 15.6. The molecule has 2 nitrogen and oxygen atoms in total. The van der Waals surface area contributed by atoms with Crippen molar-refractivity contribution in [1.29, 1.82) is 0 Å². The average molecular weight is 857 g/mol. The topological polar surface area (TPSA) is 15.6 Å². The van der Waals surface area contributed by atoms with Crippen molar-refractivity contribution in [1.82, 2.24) is 0 Å². The third kappa shape index (κ3) is 6.28. The van der Waals surface area contributed by atoms with Crippen molar-refractivity contribution in [2.75, 3.05) is 11.9 Å². The largest absolute Gasteiger partial charge is 0.360 e. The lowest BCUT2D eigenvalue weighted by molar-refractivity contribution is 0.713. The van der Waals surface area contributed by atoms with Crippen molar-refractivity contribution in [3.8, 4) is 44.5 Å². The molecule has 0 aromatic heterocycles. The van der Waals surface area contributed by atoms with Gasteiger partial charge in [0, 0.05) is 12.5 Å². The third-order valence-electron chi connectivity index (χ3n) is 15.1. The van der Waals surface area contributed by atoms with Crippen LogP contribution in [0.15, 0.2) is 223 Å². The predicted octanol–water partition coefficient (Wildman–Crippen LogP) is 14.7. The van der Waals surface area contributed by atoms with Gasteiger partial charge in [-0.3, -0.25) is 0 Å². The lowest BCUT2D eigenvalue weighted by atomic mass is 9.73. The van der Waals surface area contributed by atoms with Crippen LogP contribution < -0.4 is 15.3 Å². The first-order valence-electron chi connectivity index (χ1n) is 23.7. The molecule has 67 heavy (non-hydrogen) atoms. The van der Waals surface area contributed by atoms with Crippen LogP contribution in [0.3, 0.4) is 0 Å². The van der Waals surface area contributed by atoms with E-state index < -0.39 is 0 Å². The number of hydrogen-bond donors (Lipinski definition) is 0. The molecule has 0 fully saturated rings. The van der Waals surface area contributed by atoms with Crippen molar-refractivity contribution in [3.05, 3.63) is 251 Å². The highest BCUT2D eigenvalue weighted by atomic mass is 15.2. The molecule has 0 saturated carbocycles. The monoisotopic (exact) mass is 856 g/mol. The number of para-hydroxylation sites is 2. The van der Waals surface area contributed by atoms with E-state index in [-0.39, 0.29) is 11.5 Å². The summed E-state index contributed by atoms with van der Waals surface area (Å²) in [5.74, 6) is 0. The van der Waals surface area contributed by atoms with E-state index in [1.807, 2.05) is 0 Å². The van der Waals surface area contributed by atoms with E-state index in [4.69, 9.17) is 4.99 Å². The summed E-state index contributed by atoms with van der Waals surface area (Å²) in [6.07, 6.45) is 4.42. The summed E-state index contributed by atoms with van der Waals surface area (Å²) in [7, 11) is 2.26. The van der Waals surface area contributed by atoms with Gasteiger partial charge >= 0.3 is 0 Å². The maximum Gasteiger partial charge on any atom is 0.0939 e. The minimum Gasteiger partial charge on any atom is -0.360 e. The van der Waals surface area contributed by atoms with E-state index in [1.54, 1.807) is 0 Å². The Hall–Kier alpha value is -8.07. The number of rotatable bonds is 6. The van der Waals surface area contributed by atoms with Gasteiger partial charge in [-0.15, -0.1) is 0 Å². The zero-order valence-corrected chi connectivity index (χ0v) is 37.7. The van der Waals surface area contributed by atoms with Crippen LogP contribution in [0.25, 0.3) is 77.7 Å². The van der Waals surface area contributed by atoms with E-state index in [9.17, 15) is 0 Å². The van der Waals surface area contributed by atoms with Gasteiger partial charge in [0.2, 0.25) is 0 Å². The highest BCUT2D eigenvalue weighted by molar-refractivity contribution is 6.15. The number of fused-ring (bicyclic) bond motifs is 9. The fourth-order valence-electron chi connectivity index (χ4n) is 11.7. The van der Waals surface area contributed by atoms with Crippen molar-refractivity contribution >= 4 is 50.3 Å². The SMILES string of the molecule is CN1c2ccccc2N=C(c2ccc(-c3cc(-c4ccccc4)cc(-c4ccccc4)c3)cc2)C1C1=c2ccc(C3(C)c4ccc5ccccc5c4-c4c3ccc3ccccc43)cc2=CCC1. The summed E-state index contributed by atoms with van der Waals surface area (Å²) in [4.78, 5) is 8.01.